The third-order valence-corrected chi connectivity index (χ3v) is 6.95. The first kappa shape index (κ1) is 21.9. The fraction of sp³-hybridized carbons (Fsp3) is 0.192. The molecule has 0 fully saturated rings. The van der Waals surface area contributed by atoms with Crippen molar-refractivity contribution >= 4 is 28.9 Å². The number of methoxy groups -OCH3 is 1. The van der Waals surface area contributed by atoms with Gasteiger partial charge in [-0.25, -0.2) is 4.68 Å². The highest BCUT2D eigenvalue weighted by Crippen LogP contribution is 2.40. The summed E-state index contributed by atoms with van der Waals surface area (Å²) < 4.78 is 7.24. The van der Waals surface area contributed by atoms with Crippen molar-refractivity contribution in [3.05, 3.63) is 87.3 Å². The predicted octanol–water partition coefficient (Wildman–Crippen LogP) is 5.56. The van der Waals surface area contributed by atoms with Crippen LogP contribution in [0.15, 0.2) is 71.2 Å². The van der Waals surface area contributed by atoms with Crippen LogP contribution in [0.3, 0.4) is 0 Å². The average Bonchev–Trinajstić information content (AvgIpc) is 3.44. The first-order chi connectivity index (χ1) is 16.5. The van der Waals surface area contributed by atoms with E-state index in [1.807, 2.05) is 66.4 Å². The summed E-state index contributed by atoms with van der Waals surface area (Å²) in [6, 6.07) is 17.1. The van der Waals surface area contributed by atoms with Crippen molar-refractivity contribution < 1.29 is 9.53 Å². The molecule has 0 saturated heterocycles. The van der Waals surface area contributed by atoms with Gasteiger partial charge in [0.2, 0.25) is 5.95 Å². The van der Waals surface area contributed by atoms with Crippen LogP contribution in [0.4, 0.5) is 11.6 Å². The van der Waals surface area contributed by atoms with E-state index in [-0.39, 0.29) is 5.91 Å². The third kappa shape index (κ3) is 3.86. The molecule has 172 valence electrons. The molecule has 0 aliphatic carbocycles. The number of para-hydroxylation sites is 2. The van der Waals surface area contributed by atoms with Gasteiger partial charge in [0, 0.05) is 16.1 Å². The van der Waals surface area contributed by atoms with Crippen LogP contribution < -0.4 is 15.4 Å². The van der Waals surface area contributed by atoms with Crippen molar-refractivity contribution in [2.24, 2.45) is 0 Å². The molecule has 1 unspecified atom stereocenters. The van der Waals surface area contributed by atoms with E-state index in [0.717, 1.165) is 27.3 Å². The van der Waals surface area contributed by atoms with Gasteiger partial charge >= 0.3 is 0 Å². The van der Waals surface area contributed by atoms with Gasteiger partial charge in [-0.3, -0.25) is 4.79 Å². The molecular weight excluding hydrogens is 446 g/mol. The van der Waals surface area contributed by atoms with E-state index in [0.29, 0.717) is 28.8 Å². The summed E-state index contributed by atoms with van der Waals surface area (Å²) >= 11 is 1.61. The fourth-order valence-electron chi connectivity index (χ4n) is 4.20. The summed E-state index contributed by atoms with van der Waals surface area (Å²) in [6.45, 7) is 6.00. The number of nitrogens with zero attached hydrogens (tertiary/aromatic N) is 3. The van der Waals surface area contributed by atoms with Crippen LogP contribution in [0.5, 0.6) is 5.75 Å². The summed E-state index contributed by atoms with van der Waals surface area (Å²) in [7, 11) is 1.59. The minimum absolute atomic E-state index is 0.217. The maximum Gasteiger partial charge on any atom is 0.256 e. The normalized spacial score (nSPS) is 15.0. The Kier molecular flexibility index (Phi) is 5.67. The van der Waals surface area contributed by atoms with E-state index in [1.54, 1.807) is 18.4 Å². The number of allylic oxidation sites excluding steroid dienone is 1. The van der Waals surface area contributed by atoms with Crippen LogP contribution in [0.25, 0.3) is 11.4 Å². The zero-order chi connectivity index (χ0) is 23.8. The minimum Gasteiger partial charge on any atom is -0.495 e. The zero-order valence-electron chi connectivity index (χ0n) is 19.4. The second-order valence-electron chi connectivity index (χ2n) is 8.26. The van der Waals surface area contributed by atoms with E-state index in [9.17, 15) is 4.79 Å². The Balaban J connectivity index is 1.60. The summed E-state index contributed by atoms with van der Waals surface area (Å²) in [4.78, 5) is 19.5. The maximum absolute atomic E-state index is 13.7. The molecule has 5 rings (SSSR count). The quantitative estimate of drug-likeness (QED) is 0.398. The molecule has 0 radical (unpaired) electrons. The zero-order valence-corrected chi connectivity index (χ0v) is 20.2. The lowest BCUT2D eigenvalue weighted by Crippen LogP contribution is -2.31. The summed E-state index contributed by atoms with van der Waals surface area (Å²) in [5, 5.41) is 13.2. The van der Waals surface area contributed by atoms with Gasteiger partial charge in [0.15, 0.2) is 5.82 Å². The van der Waals surface area contributed by atoms with Gasteiger partial charge < -0.3 is 15.4 Å². The number of nitrogens with one attached hydrogen (secondary N) is 2. The van der Waals surface area contributed by atoms with E-state index in [1.165, 1.54) is 0 Å². The number of thiophene rings is 1. The van der Waals surface area contributed by atoms with Crippen molar-refractivity contribution in [2.45, 2.75) is 26.8 Å². The number of carbonyl (C=O) groups excluding carboxylic acids is 1. The van der Waals surface area contributed by atoms with Crippen LogP contribution in [0, 0.1) is 13.8 Å². The predicted molar refractivity (Wildman–Crippen MR) is 135 cm³/mol. The van der Waals surface area contributed by atoms with Crippen LogP contribution >= 0.6 is 11.3 Å². The fourth-order valence-corrected chi connectivity index (χ4v) is 5.22. The average molecular weight is 472 g/mol. The Labute approximate surface area is 202 Å². The number of benzene rings is 2. The Morgan fingerprint density at radius 2 is 1.94 bits per heavy atom. The van der Waals surface area contributed by atoms with Crippen LogP contribution in [-0.4, -0.2) is 27.8 Å². The molecule has 1 amide bonds. The van der Waals surface area contributed by atoms with Gasteiger partial charge in [0.1, 0.15) is 11.8 Å². The van der Waals surface area contributed by atoms with Gasteiger partial charge in [0.05, 0.1) is 18.4 Å². The SMILES string of the molecule is COc1ccccc1NC(=O)C1=C(C)Nc2nc(-c3cccc(C)c3)nn2C1c1sccc1C. The van der Waals surface area contributed by atoms with Gasteiger partial charge in [-0.2, -0.15) is 4.98 Å². The van der Waals surface area contributed by atoms with E-state index in [4.69, 9.17) is 14.8 Å². The number of aromatic nitrogens is 3. The Bertz CT molecular complexity index is 1420. The number of ether oxygens (including phenoxy) is 1. The van der Waals surface area contributed by atoms with Crippen molar-refractivity contribution in [3.63, 3.8) is 0 Å². The number of hydrogen-bond donors (Lipinski definition) is 2. The Hall–Kier alpha value is -3.91. The van der Waals surface area contributed by atoms with Crippen LogP contribution in [0.2, 0.25) is 0 Å². The van der Waals surface area contributed by atoms with Crippen molar-refractivity contribution in [2.75, 3.05) is 17.7 Å². The second-order valence-corrected chi connectivity index (χ2v) is 9.21. The molecule has 0 saturated carbocycles. The topological polar surface area (TPSA) is 81.1 Å². The smallest absolute Gasteiger partial charge is 0.256 e. The first-order valence-electron chi connectivity index (χ1n) is 11.0. The molecule has 7 nitrogen and oxygen atoms in total. The molecule has 3 heterocycles. The highest BCUT2D eigenvalue weighted by molar-refractivity contribution is 7.10. The largest absolute Gasteiger partial charge is 0.495 e. The minimum atomic E-state index is -0.406. The van der Waals surface area contributed by atoms with E-state index >= 15 is 0 Å². The molecule has 2 aromatic heterocycles. The molecular formula is C26H25N5O2S. The van der Waals surface area contributed by atoms with Gasteiger partial charge in [0.25, 0.3) is 5.91 Å². The van der Waals surface area contributed by atoms with Gasteiger partial charge in [-0.15, -0.1) is 16.4 Å². The number of amides is 1. The second kappa shape index (κ2) is 8.79. The lowest BCUT2D eigenvalue weighted by molar-refractivity contribution is -0.113. The lowest BCUT2D eigenvalue weighted by atomic mass is 9.98. The number of carbonyl (C=O) groups is 1. The molecule has 8 heteroatoms. The van der Waals surface area contributed by atoms with Gasteiger partial charge in [-0.05, 0) is 56.0 Å². The molecule has 0 bridgehead atoms. The van der Waals surface area contributed by atoms with E-state index < -0.39 is 6.04 Å². The third-order valence-electron chi connectivity index (χ3n) is 5.88. The van der Waals surface area contributed by atoms with Crippen LogP contribution in [0.1, 0.15) is 29.0 Å². The molecule has 1 aliphatic heterocycles. The first-order valence-corrected chi connectivity index (χ1v) is 11.8. The lowest BCUT2D eigenvalue weighted by Gasteiger charge is -2.28. The Morgan fingerprint density at radius 1 is 1.12 bits per heavy atom. The number of rotatable bonds is 5. The van der Waals surface area contributed by atoms with Crippen molar-refractivity contribution in [1.29, 1.82) is 0 Å². The highest BCUT2D eigenvalue weighted by Gasteiger charge is 2.36. The molecule has 1 aliphatic rings. The summed E-state index contributed by atoms with van der Waals surface area (Å²) in [5.41, 5.74) is 5.11. The van der Waals surface area contributed by atoms with E-state index in [2.05, 4.69) is 29.7 Å². The molecule has 34 heavy (non-hydrogen) atoms. The summed E-state index contributed by atoms with van der Waals surface area (Å²) in [6.07, 6.45) is 0. The highest BCUT2D eigenvalue weighted by atomic mass is 32.1. The molecule has 2 N–H and O–H groups in total. The number of aryl methyl sites for hydroxylation is 2. The Morgan fingerprint density at radius 3 is 2.68 bits per heavy atom. The molecule has 2 aromatic carbocycles. The summed E-state index contributed by atoms with van der Waals surface area (Å²) in [5.74, 6) is 1.61. The standard InChI is InChI=1S/C26H25N5O2S/c1-15-8-7-9-18(14-15)24-29-26-27-17(3)21(22(31(26)30-24)23-16(2)12-13-34-23)25(32)28-19-10-5-6-11-20(19)33-4/h5-14,22H,1-4H3,(H,28,32)(H,27,29,30). The maximum atomic E-state index is 13.7. The van der Waals surface area contributed by atoms with Crippen molar-refractivity contribution in [1.82, 2.24) is 14.8 Å². The number of hydrogen-bond acceptors (Lipinski definition) is 6. The monoisotopic (exact) mass is 471 g/mol. The molecule has 4 aromatic rings. The molecule has 0 spiro atoms. The van der Waals surface area contributed by atoms with Crippen LogP contribution in [-0.2, 0) is 4.79 Å². The molecule has 1 atom stereocenters. The van der Waals surface area contributed by atoms with Gasteiger partial charge in [-0.1, -0.05) is 35.9 Å². The van der Waals surface area contributed by atoms with Crippen molar-refractivity contribution in [3.8, 4) is 17.1 Å². The number of anilines is 2. The number of fused-ring (bicyclic) bond motifs is 1.